The van der Waals surface area contributed by atoms with Crippen LogP contribution in [0.2, 0.25) is 0 Å². The summed E-state index contributed by atoms with van der Waals surface area (Å²) in [6.07, 6.45) is 0.997. The summed E-state index contributed by atoms with van der Waals surface area (Å²) >= 11 is 3.11. The van der Waals surface area contributed by atoms with Gasteiger partial charge >= 0.3 is 0 Å². The molecule has 0 unspecified atom stereocenters. The van der Waals surface area contributed by atoms with Crippen molar-refractivity contribution in [1.82, 2.24) is 19.2 Å². The van der Waals surface area contributed by atoms with Crippen LogP contribution >= 0.6 is 23.1 Å². The van der Waals surface area contributed by atoms with Crippen molar-refractivity contribution in [2.24, 2.45) is 0 Å². The van der Waals surface area contributed by atoms with Gasteiger partial charge in [-0.3, -0.25) is 13.8 Å². The fraction of sp³-hybridized carbons (Fsp3) is 0.208. The van der Waals surface area contributed by atoms with E-state index < -0.39 is 0 Å². The minimum atomic E-state index is -0.0143. The smallest absolute Gasteiger partial charge is 0.271 e. The van der Waals surface area contributed by atoms with E-state index in [1.807, 2.05) is 15.8 Å². The molecule has 0 fully saturated rings. The van der Waals surface area contributed by atoms with E-state index in [0.717, 1.165) is 33.1 Å². The number of rotatable bonds is 6. The van der Waals surface area contributed by atoms with Gasteiger partial charge in [0.15, 0.2) is 5.16 Å². The number of fused-ring (bicyclic) bond motifs is 3. The molecule has 2 aromatic carbocycles. The standard InChI is InChI=1S/C24H22N4OS2/c1-3-17-8-10-18(11-9-17)14-27-22(29)21-20(12-13-30-21)28-23(27)25-26-24(28)31-15-19-6-4-16(2)5-7-19/h4-13H,3,14-15H2,1-2H3. The van der Waals surface area contributed by atoms with Crippen LogP contribution in [0.25, 0.3) is 16.0 Å². The van der Waals surface area contributed by atoms with Crippen LogP contribution in [0, 0.1) is 6.92 Å². The maximum Gasteiger partial charge on any atom is 0.273 e. The predicted molar refractivity (Wildman–Crippen MR) is 128 cm³/mol. The summed E-state index contributed by atoms with van der Waals surface area (Å²) in [5, 5.41) is 11.6. The van der Waals surface area contributed by atoms with Crippen LogP contribution < -0.4 is 5.56 Å². The second kappa shape index (κ2) is 8.32. The fourth-order valence-electron chi connectivity index (χ4n) is 3.63. The molecule has 0 aliphatic carbocycles. The molecule has 0 amide bonds. The largest absolute Gasteiger partial charge is 0.273 e. The van der Waals surface area contributed by atoms with E-state index in [1.54, 1.807) is 16.3 Å². The third-order valence-electron chi connectivity index (χ3n) is 5.44. The van der Waals surface area contributed by atoms with E-state index >= 15 is 0 Å². The second-order valence-electron chi connectivity index (χ2n) is 7.59. The monoisotopic (exact) mass is 446 g/mol. The van der Waals surface area contributed by atoms with Gasteiger partial charge in [-0.15, -0.1) is 21.5 Å². The maximum absolute atomic E-state index is 13.2. The van der Waals surface area contributed by atoms with E-state index in [-0.39, 0.29) is 5.56 Å². The van der Waals surface area contributed by atoms with Gasteiger partial charge in [-0.1, -0.05) is 72.8 Å². The molecule has 3 aromatic heterocycles. The van der Waals surface area contributed by atoms with E-state index in [0.29, 0.717) is 12.3 Å². The lowest BCUT2D eigenvalue weighted by atomic mass is 10.1. The van der Waals surface area contributed by atoms with Crippen molar-refractivity contribution in [2.75, 3.05) is 0 Å². The fourth-order valence-corrected chi connectivity index (χ4v) is 5.35. The summed E-state index contributed by atoms with van der Waals surface area (Å²) in [6, 6.07) is 18.9. The number of aryl methyl sites for hydroxylation is 2. The lowest BCUT2D eigenvalue weighted by molar-refractivity contribution is 0.765. The summed E-state index contributed by atoms with van der Waals surface area (Å²) in [6.45, 7) is 4.70. The van der Waals surface area contributed by atoms with Crippen molar-refractivity contribution in [1.29, 1.82) is 0 Å². The van der Waals surface area contributed by atoms with Crippen molar-refractivity contribution < 1.29 is 0 Å². The maximum atomic E-state index is 13.2. The SMILES string of the molecule is CCc1ccc(Cn2c(=O)c3sccc3n3c(SCc4ccc(C)cc4)nnc23)cc1. The van der Waals surface area contributed by atoms with Gasteiger partial charge in [0.2, 0.25) is 5.78 Å². The number of hydrogen-bond donors (Lipinski definition) is 0. The Labute approximate surface area is 188 Å². The Hall–Kier alpha value is -2.90. The number of aromatic nitrogens is 4. The first-order chi connectivity index (χ1) is 15.1. The van der Waals surface area contributed by atoms with Crippen molar-refractivity contribution in [2.45, 2.75) is 37.7 Å². The molecule has 156 valence electrons. The minimum Gasteiger partial charge on any atom is -0.271 e. The topological polar surface area (TPSA) is 52.2 Å². The van der Waals surface area contributed by atoms with Gasteiger partial charge in [-0.25, -0.2) is 0 Å². The molecule has 0 radical (unpaired) electrons. The van der Waals surface area contributed by atoms with Crippen molar-refractivity contribution >= 4 is 39.1 Å². The minimum absolute atomic E-state index is 0.0143. The van der Waals surface area contributed by atoms with Crippen LogP contribution in [0.15, 0.2) is 69.9 Å². The molecule has 0 N–H and O–H groups in total. The summed E-state index contributed by atoms with van der Waals surface area (Å²) in [5.41, 5.74) is 5.70. The van der Waals surface area contributed by atoms with Gasteiger partial charge in [0.25, 0.3) is 5.56 Å². The average Bonchev–Trinajstić information content (AvgIpc) is 3.44. The zero-order valence-corrected chi connectivity index (χ0v) is 19.0. The molecular formula is C24H22N4OS2. The lowest BCUT2D eigenvalue weighted by Gasteiger charge is -2.10. The Morgan fingerprint density at radius 1 is 0.935 bits per heavy atom. The molecule has 31 heavy (non-hydrogen) atoms. The third kappa shape index (κ3) is 3.79. The van der Waals surface area contributed by atoms with Crippen molar-refractivity contribution in [3.05, 3.63) is 92.6 Å². The van der Waals surface area contributed by atoms with Gasteiger partial charge < -0.3 is 0 Å². The molecule has 0 aliphatic rings. The summed E-state index contributed by atoms with van der Waals surface area (Å²) < 4.78 is 4.49. The summed E-state index contributed by atoms with van der Waals surface area (Å²) in [5.74, 6) is 1.38. The van der Waals surface area contributed by atoms with Crippen LogP contribution in [-0.4, -0.2) is 19.2 Å². The average molecular weight is 447 g/mol. The first kappa shape index (κ1) is 20.0. The van der Waals surface area contributed by atoms with Crippen molar-refractivity contribution in [3.63, 3.8) is 0 Å². The Morgan fingerprint density at radius 2 is 1.65 bits per heavy atom. The first-order valence-corrected chi connectivity index (χ1v) is 12.1. The highest BCUT2D eigenvalue weighted by Crippen LogP contribution is 2.27. The molecule has 0 saturated carbocycles. The molecule has 0 spiro atoms. The number of benzene rings is 2. The van der Waals surface area contributed by atoms with Crippen LogP contribution in [0.1, 0.15) is 29.2 Å². The molecule has 5 rings (SSSR count). The van der Waals surface area contributed by atoms with Gasteiger partial charge in [-0.2, -0.15) is 0 Å². The second-order valence-corrected chi connectivity index (χ2v) is 9.45. The number of thioether (sulfide) groups is 1. The van der Waals surface area contributed by atoms with Crippen LogP contribution in [0.3, 0.4) is 0 Å². The highest BCUT2D eigenvalue weighted by Gasteiger charge is 2.18. The Kier molecular flexibility index (Phi) is 5.38. The molecule has 0 aliphatic heterocycles. The van der Waals surface area contributed by atoms with Crippen LogP contribution in [0.4, 0.5) is 0 Å². The first-order valence-electron chi connectivity index (χ1n) is 10.3. The summed E-state index contributed by atoms with van der Waals surface area (Å²) in [4.78, 5) is 13.2. The predicted octanol–water partition coefficient (Wildman–Crippen LogP) is 5.32. The van der Waals surface area contributed by atoms with Crippen molar-refractivity contribution in [3.8, 4) is 0 Å². The highest BCUT2D eigenvalue weighted by molar-refractivity contribution is 7.98. The molecule has 7 heteroatoms. The van der Waals surface area contributed by atoms with E-state index in [2.05, 4.69) is 72.6 Å². The molecular weight excluding hydrogens is 424 g/mol. The number of nitrogens with zero attached hydrogens (tertiary/aromatic N) is 4. The van der Waals surface area contributed by atoms with Crippen LogP contribution in [-0.2, 0) is 18.7 Å². The normalized spacial score (nSPS) is 11.5. The lowest BCUT2D eigenvalue weighted by Crippen LogP contribution is -2.23. The van der Waals surface area contributed by atoms with Crippen LogP contribution in [0.5, 0.6) is 0 Å². The van der Waals surface area contributed by atoms with Gasteiger partial charge in [0, 0.05) is 5.75 Å². The zero-order valence-electron chi connectivity index (χ0n) is 17.4. The highest BCUT2D eigenvalue weighted by atomic mass is 32.2. The third-order valence-corrected chi connectivity index (χ3v) is 7.33. The molecule has 3 heterocycles. The number of thiophene rings is 1. The molecule has 5 aromatic rings. The van der Waals surface area contributed by atoms with Gasteiger partial charge in [0.1, 0.15) is 4.70 Å². The Morgan fingerprint density at radius 3 is 2.39 bits per heavy atom. The molecule has 5 nitrogen and oxygen atoms in total. The zero-order chi connectivity index (χ0) is 21.4. The van der Waals surface area contributed by atoms with E-state index in [1.165, 1.54) is 28.0 Å². The molecule has 0 saturated heterocycles. The van der Waals surface area contributed by atoms with E-state index in [9.17, 15) is 4.79 Å². The van der Waals surface area contributed by atoms with Gasteiger partial charge in [0.05, 0.1) is 12.1 Å². The quantitative estimate of drug-likeness (QED) is 0.331. The molecule has 0 bridgehead atoms. The van der Waals surface area contributed by atoms with Gasteiger partial charge in [-0.05, 0) is 41.5 Å². The van der Waals surface area contributed by atoms with E-state index in [4.69, 9.17) is 0 Å². The number of hydrogen-bond acceptors (Lipinski definition) is 5. The summed E-state index contributed by atoms with van der Waals surface area (Å²) in [7, 11) is 0. The Balaban J connectivity index is 1.56. The molecule has 0 atom stereocenters. The Bertz CT molecular complexity index is 1410.